The van der Waals surface area contributed by atoms with Gasteiger partial charge < -0.3 is 5.32 Å². The largest absolute Gasteiger partial charge is 0.369 e. The fraction of sp³-hybridized carbons (Fsp3) is 0.636. The molecule has 4 heteroatoms. The van der Waals surface area contributed by atoms with Crippen LogP contribution < -0.4 is 5.32 Å². The van der Waals surface area contributed by atoms with Gasteiger partial charge in [-0.3, -0.25) is 0 Å². The van der Waals surface area contributed by atoms with Crippen molar-refractivity contribution >= 4 is 5.82 Å². The normalized spacial score (nSPS) is 19.1. The van der Waals surface area contributed by atoms with E-state index in [0.717, 1.165) is 6.54 Å². The number of hydrogen-bond acceptors (Lipinski definition) is 3. The minimum Gasteiger partial charge on any atom is -0.369 e. The Hall–Kier alpha value is -1.19. The van der Waals surface area contributed by atoms with Crippen LogP contribution in [-0.2, 0) is 0 Å². The predicted molar refractivity (Wildman–Crippen MR) is 57.1 cm³/mol. The molecule has 1 N–H and O–H groups in total. The summed E-state index contributed by atoms with van der Waals surface area (Å²) in [7, 11) is 0. The third-order valence-corrected chi connectivity index (χ3v) is 3.14. The molecule has 0 aliphatic heterocycles. The zero-order chi connectivity index (χ0) is 10.7. The van der Waals surface area contributed by atoms with Crippen LogP contribution in [0, 0.1) is 11.4 Å². The van der Waals surface area contributed by atoms with Crippen LogP contribution in [0.4, 0.5) is 10.2 Å². The highest BCUT2D eigenvalue weighted by Crippen LogP contribution is 2.37. The molecule has 1 aliphatic carbocycles. The van der Waals surface area contributed by atoms with Crippen LogP contribution in [0.25, 0.3) is 0 Å². The Kier molecular flexibility index (Phi) is 2.84. The maximum absolute atomic E-state index is 12.8. The quantitative estimate of drug-likeness (QED) is 0.777. The molecular weight excluding hydrogens is 193 g/mol. The smallest absolute Gasteiger partial charge is 0.217 e. The lowest BCUT2D eigenvalue weighted by Gasteiger charge is -2.23. The average molecular weight is 209 g/mol. The monoisotopic (exact) mass is 209 g/mol. The summed E-state index contributed by atoms with van der Waals surface area (Å²) >= 11 is 0. The van der Waals surface area contributed by atoms with Crippen molar-refractivity contribution in [2.24, 2.45) is 5.41 Å². The standard InChI is InChI=1S/C11H16FN3/c1-11(4-2-3-5-11)7-13-10-6-9(12)14-8-15-10/h6,8H,2-5,7H2,1H3,(H,13,14,15). The summed E-state index contributed by atoms with van der Waals surface area (Å²) in [6, 6.07) is 1.33. The minimum absolute atomic E-state index is 0.349. The molecular formula is C11H16FN3. The topological polar surface area (TPSA) is 37.8 Å². The van der Waals surface area contributed by atoms with E-state index in [1.807, 2.05) is 0 Å². The maximum Gasteiger partial charge on any atom is 0.217 e. The van der Waals surface area contributed by atoms with Crippen molar-refractivity contribution in [1.29, 1.82) is 0 Å². The third kappa shape index (κ3) is 2.64. The van der Waals surface area contributed by atoms with Crippen LogP contribution >= 0.6 is 0 Å². The number of aromatic nitrogens is 2. The van der Waals surface area contributed by atoms with Crippen molar-refractivity contribution in [3.63, 3.8) is 0 Å². The van der Waals surface area contributed by atoms with Crippen molar-refractivity contribution in [1.82, 2.24) is 9.97 Å². The van der Waals surface area contributed by atoms with Gasteiger partial charge in [-0.1, -0.05) is 19.8 Å². The van der Waals surface area contributed by atoms with E-state index in [9.17, 15) is 4.39 Å². The van der Waals surface area contributed by atoms with Gasteiger partial charge in [0.15, 0.2) is 0 Å². The van der Waals surface area contributed by atoms with Gasteiger partial charge in [0.05, 0.1) is 0 Å². The van der Waals surface area contributed by atoms with Gasteiger partial charge in [-0.15, -0.1) is 0 Å². The fourth-order valence-electron chi connectivity index (χ4n) is 2.14. The molecule has 1 aromatic rings. The van der Waals surface area contributed by atoms with Crippen LogP contribution in [0.3, 0.4) is 0 Å². The summed E-state index contributed by atoms with van der Waals surface area (Å²) < 4.78 is 12.8. The Balaban J connectivity index is 1.92. The first kappa shape index (κ1) is 10.3. The summed E-state index contributed by atoms with van der Waals surface area (Å²) in [5.74, 6) is 0.0969. The molecule has 1 heterocycles. The van der Waals surface area contributed by atoms with Gasteiger partial charge in [-0.2, -0.15) is 4.39 Å². The third-order valence-electron chi connectivity index (χ3n) is 3.14. The van der Waals surface area contributed by atoms with E-state index in [-0.39, 0.29) is 0 Å². The number of halogens is 1. The Morgan fingerprint density at radius 2 is 2.13 bits per heavy atom. The van der Waals surface area contributed by atoms with Gasteiger partial charge in [0.1, 0.15) is 12.1 Å². The summed E-state index contributed by atoms with van der Waals surface area (Å²) in [5, 5.41) is 3.18. The molecule has 1 aliphatic rings. The average Bonchev–Trinajstić information content (AvgIpc) is 2.63. The highest BCUT2D eigenvalue weighted by atomic mass is 19.1. The Labute approximate surface area is 89.1 Å². The molecule has 0 bridgehead atoms. The van der Waals surface area contributed by atoms with E-state index in [2.05, 4.69) is 22.2 Å². The SMILES string of the molecule is CC1(CNc2cc(F)ncn2)CCCC1. The van der Waals surface area contributed by atoms with Crippen LogP contribution in [0.15, 0.2) is 12.4 Å². The van der Waals surface area contributed by atoms with Gasteiger partial charge in [0, 0.05) is 12.6 Å². The Bertz CT molecular complexity index is 334. The Morgan fingerprint density at radius 3 is 2.80 bits per heavy atom. The van der Waals surface area contributed by atoms with Gasteiger partial charge in [0.2, 0.25) is 5.95 Å². The molecule has 3 nitrogen and oxygen atoms in total. The lowest BCUT2D eigenvalue weighted by atomic mass is 9.89. The van der Waals surface area contributed by atoms with Crippen LogP contribution in [0.2, 0.25) is 0 Å². The molecule has 0 atom stereocenters. The Morgan fingerprint density at radius 1 is 1.40 bits per heavy atom. The van der Waals surface area contributed by atoms with E-state index in [1.54, 1.807) is 0 Å². The molecule has 0 radical (unpaired) electrons. The zero-order valence-electron chi connectivity index (χ0n) is 8.96. The number of hydrogen-bond donors (Lipinski definition) is 1. The summed E-state index contributed by atoms with van der Waals surface area (Å²) in [4.78, 5) is 7.39. The number of rotatable bonds is 3. The first-order chi connectivity index (χ1) is 7.18. The van der Waals surface area contributed by atoms with Gasteiger partial charge in [-0.25, -0.2) is 9.97 Å². The summed E-state index contributed by atoms with van der Waals surface area (Å²) in [5.41, 5.74) is 0.349. The number of anilines is 1. The summed E-state index contributed by atoms with van der Waals surface area (Å²) in [6.45, 7) is 3.13. The summed E-state index contributed by atoms with van der Waals surface area (Å²) in [6.07, 6.45) is 6.34. The van der Waals surface area contributed by atoms with Crippen LogP contribution in [0.5, 0.6) is 0 Å². The van der Waals surface area contributed by atoms with Crippen molar-refractivity contribution in [2.45, 2.75) is 32.6 Å². The van der Waals surface area contributed by atoms with E-state index in [4.69, 9.17) is 0 Å². The molecule has 15 heavy (non-hydrogen) atoms. The number of nitrogens with zero attached hydrogens (tertiary/aromatic N) is 2. The second kappa shape index (κ2) is 4.13. The van der Waals surface area contributed by atoms with E-state index >= 15 is 0 Å². The first-order valence-corrected chi connectivity index (χ1v) is 5.39. The van der Waals surface area contributed by atoms with E-state index in [1.165, 1.54) is 38.1 Å². The molecule has 2 rings (SSSR count). The van der Waals surface area contributed by atoms with Gasteiger partial charge in [0.25, 0.3) is 0 Å². The molecule has 0 amide bonds. The second-order valence-electron chi connectivity index (χ2n) is 4.60. The van der Waals surface area contributed by atoms with Crippen molar-refractivity contribution in [3.8, 4) is 0 Å². The molecule has 1 aromatic heterocycles. The van der Waals surface area contributed by atoms with Crippen LogP contribution in [0.1, 0.15) is 32.6 Å². The molecule has 0 spiro atoms. The predicted octanol–water partition coefficient (Wildman–Crippen LogP) is 2.61. The highest BCUT2D eigenvalue weighted by molar-refractivity contribution is 5.32. The van der Waals surface area contributed by atoms with Crippen LogP contribution in [-0.4, -0.2) is 16.5 Å². The highest BCUT2D eigenvalue weighted by Gasteiger charge is 2.28. The van der Waals surface area contributed by atoms with Crippen molar-refractivity contribution in [3.05, 3.63) is 18.3 Å². The molecule has 0 saturated heterocycles. The molecule has 82 valence electrons. The zero-order valence-corrected chi connectivity index (χ0v) is 8.96. The van der Waals surface area contributed by atoms with E-state index in [0.29, 0.717) is 11.2 Å². The van der Waals surface area contributed by atoms with Gasteiger partial charge >= 0.3 is 0 Å². The van der Waals surface area contributed by atoms with Gasteiger partial charge in [-0.05, 0) is 18.3 Å². The second-order valence-corrected chi connectivity index (χ2v) is 4.60. The maximum atomic E-state index is 12.8. The first-order valence-electron chi connectivity index (χ1n) is 5.39. The lowest BCUT2D eigenvalue weighted by Crippen LogP contribution is -2.23. The fourth-order valence-corrected chi connectivity index (χ4v) is 2.14. The molecule has 1 saturated carbocycles. The molecule has 0 unspecified atom stereocenters. The van der Waals surface area contributed by atoms with E-state index < -0.39 is 5.95 Å². The minimum atomic E-state index is -0.482. The lowest BCUT2D eigenvalue weighted by molar-refractivity contribution is 0.361. The molecule has 1 fully saturated rings. The number of nitrogens with one attached hydrogen (secondary N) is 1. The van der Waals surface area contributed by atoms with Crippen molar-refractivity contribution in [2.75, 3.05) is 11.9 Å². The molecule has 0 aromatic carbocycles. The van der Waals surface area contributed by atoms with Crippen molar-refractivity contribution < 1.29 is 4.39 Å².